The maximum atomic E-state index is 12.6. The van der Waals surface area contributed by atoms with Gasteiger partial charge in [-0.2, -0.15) is 4.31 Å². The molecule has 1 aliphatic heterocycles. The minimum Gasteiger partial charge on any atom is -0.494 e. The van der Waals surface area contributed by atoms with Crippen LogP contribution in [0.2, 0.25) is 0 Å². The third-order valence-electron chi connectivity index (χ3n) is 4.15. The second kappa shape index (κ2) is 7.94. The van der Waals surface area contributed by atoms with Gasteiger partial charge in [0.1, 0.15) is 5.75 Å². The summed E-state index contributed by atoms with van der Waals surface area (Å²) >= 11 is 0. The van der Waals surface area contributed by atoms with Crippen LogP contribution in [0.1, 0.15) is 26.2 Å². The van der Waals surface area contributed by atoms with Crippen LogP contribution in [0.15, 0.2) is 29.2 Å². The first-order valence-corrected chi connectivity index (χ1v) is 9.39. The smallest absolute Gasteiger partial charge is 0.243 e. The Kier molecular flexibility index (Phi) is 6.23. The van der Waals surface area contributed by atoms with Gasteiger partial charge in [-0.15, -0.1) is 0 Å². The van der Waals surface area contributed by atoms with Crippen molar-refractivity contribution in [2.45, 2.75) is 31.1 Å². The Balaban J connectivity index is 1.99. The van der Waals surface area contributed by atoms with Crippen molar-refractivity contribution >= 4 is 10.0 Å². The SMILES string of the molecule is CCOc1ccc(S(=O)(=O)N2CCC(CCNC)CC2)cc1. The lowest BCUT2D eigenvalue weighted by Gasteiger charge is -2.31. The monoisotopic (exact) mass is 326 g/mol. The van der Waals surface area contributed by atoms with Crippen LogP contribution in [0.3, 0.4) is 0 Å². The van der Waals surface area contributed by atoms with E-state index in [4.69, 9.17) is 4.74 Å². The van der Waals surface area contributed by atoms with Gasteiger partial charge in [0.2, 0.25) is 10.0 Å². The van der Waals surface area contributed by atoms with Crippen molar-refractivity contribution in [3.05, 3.63) is 24.3 Å². The predicted molar refractivity (Wildman–Crippen MR) is 87.6 cm³/mol. The molecule has 0 amide bonds. The van der Waals surface area contributed by atoms with E-state index in [2.05, 4.69) is 5.32 Å². The van der Waals surface area contributed by atoms with E-state index in [1.165, 1.54) is 0 Å². The molecule has 0 saturated carbocycles. The van der Waals surface area contributed by atoms with Crippen LogP contribution < -0.4 is 10.1 Å². The third-order valence-corrected chi connectivity index (χ3v) is 6.06. The number of benzene rings is 1. The molecule has 1 aliphatic rings. The Hall–Kier alpha value is -1.11. The molecule has 6 heteroatoms. The standard InChI is InChI=1S/C16H26N2O3S/c1-3-21-15-4-6-16(7-5-15)22(19,20)18-12-9-14(10-13-18)8-11-17-2/h4-7,14,17H,3,8-13H2,1-2H3. The fourth-order valence-electron chi connectivity index (χ4n) is 2.81. The molecule has 0 aromatic heterocycles. The van der Waals surface area contributed by atoms with E-state index >= 15 is 0 Å². The van der Waals surface area contributed by atoms with Gasteiger partial charge in [-0.25, -0.2) is 8.42 Å². The average Bonchev–Trinajstić information content (AvgIpc) is 2.54. The molecule has 5 nitrogen and oxygen atoms in total. The number of rotatable bonds is 7. The second-order valence-corrected chi connectivity index (χ2v) is 7.58. The highest BCUT2D eigenvalue weighted by molar-refractivity contribution is 7.89. The molecule has 2 rings (SSSR count). The zero-order valence-electron chi connectivity index (χ0n) is 13.4. The molecule has 22 heavy (non-hydrogen) atoms. The molecule has 0 atom stereocenters. The number of ether oxygens (including phenoxy) is 1. The van der Waals surface area contributed by atoms with E-state index in [-0.39, 0.29) is 0 Å². The number of nitrogens with one attached hydrogen (secondary N) is 1. The van der Waals surface area contributed by atoms with Gasteiger partial charge in [0.15, 0.2) is 0 Å². The normalized spacial score (nSPS) is 17.5. The van der Waals surface area contributed by atoms with E-state index < -0.39 is 10.0 Å². The van der Waals surface area contributed by atoms with Crippen molar-refractivity contribution < 1.29 is 13.2 Å². The van der Waals surface area contributed by atoms with Crippen molar-refractivity contribution in [3.63, 3.8) is 0 Å². The number of sulfonamides is 1. The van der Waals surface area contributed by atoms with Gasteiger partial charge in [0, 0.05) is 13.1 Å². The lowest BCUT2D eigenvalue weighted by molar-refractivity contribution is 0.263. The number of hydrogen-bond donors (Lipinski definition) is 1. The lowest BCUT2D eigenvalue weighted by Crippen LogP contribution is -2.38. The van der Waals surface area contributed by atoms with Gasteiger partial charge in [-0.3, -0.25) is 0 Å². The first kappa shape index (κ1) is 17.2. The molecule has 1 fully saturated rings. The summed E-state index contributed by atoms with van der Waals surface area (Å²) in [5.41, 5.74) is 0. The topological polar surface area (TPSA) is 58.6 Å². The molecular formula is C16H26N2O3S. The van der Waals surface area contributed by atoms with Crippen molar-refractivity contribution in [3.8, 4) is 5.75 Å². The van der Waals surface area contributed by atoms with E-state index in [1.807, 2.05) is 14.0 Å². The van der Waals surface area contributed by atoms with Gasteiger partial charge in [0.25, 0.3) is 0 Å². The summed E-state index contributed by atoms with van der Waals surface area (Å²) in [5, 5.41) is 3.15. The summed E-state index contributed by atoms with van der Waals surface area (Å²) in [4.78, 5) is 0.352. The zero-order chi connectivity index (χ0) is 16.0. The maximum absolute atomic E-state index is 12.6. The molecule has 1 aromatic rings. The molecule has 0 bridgehead atoms. The Labute approximate surface area is 133 Å². The Morgan fingerprint density at radius 1 is 1.23 bits per heavy atom. The maximum Gasteiger partial charge on any atom is 0.243 e. The van der Waals surface area contributed by atoms with Crippen LogP contribution in [-0.2, 0) is 10.0 Å². The van der Waals surface area contributed by atoms with E-state index in [9.17, 15) is 8.42 Å². The zero-order valence-corrected chi connectivity index (χ0v) is 14.2. The van der Waals surface area contributed by atoms with Gasteiger partial charge < -0.3 is 10.1 Å². The molecule has 1 aromatic carbocycles. The fourth-order valence-corrected chi connectivity index (χ4v) is 4.28. The van der Waals surface area contributed by atoms with E-state index in [1.54, 1.807) is 28.6 Å². The summed E-state index contributed by atoms with van der Waals surface area (Å²) in [6.07, 6.45) is 3.00. The van der Waals surface area contributed by atoms with Crippen LogP contribution in [0.25, 0.3) is 0 Å². The van der Waals surface area contributed by atoms with Gasteiger partial charge in [0.05, 0.1) is 11.5 Å². The highest BCUT2D eigenvalue weighted by Gasteiger charge is 2.29. The Morgan fingerprint density at radius 3 is 2.41 bits per heavy atom. The summed E-state index contributed by atoms with van der Waals surface area (Å²) in [5.74, 6) is 1.33. The minimum atomic E-state index is -3.38. The van der Waals surface area contributed by atoms with Gasteiger partial charge >= 0.3 is 0 Å². The molecule has 0 spiro atoms. The van der Waals surface area contributed by atoms with Crippen LogP contribution in [0.5, 0.6) is 5.75 Å². The van der Waals surface area contributed by atoms with Crippen LogP contribution in [-0.4, -0.2) is 46.0 Å². The number of piperidine rings is 1. The minimum absolute atomic E-state index is 0.352. The predicted octanol–water partition coefficient (Wildman–Crippen LogP) is 2.10. The fraction of sp³-hybridized carbons (Fsp3) is 0.625. The quantitative estimate of drug-likeness (QED) is 0.833. The Morgan fingerprint density at radius 2 is 1.86 bits per heavy atom. The summed E-state index contributed by atoms with van der Waals surface area (Å²) in [7, 11) is -1.43. The van der Waals surface area contributed by atoms with Gasteiger partial charge in [-0.1, -0.05) is 0 Å². The van der Waals surface area contributed by atoms with E-state index in [0.29, 0.717) is 36.3 Å². The molecule has 124 valence electrons. The summed E-state index contributed by atoms with van der Waals surface area (Å²) in [6.45, 7) is 4.71. The van der Waals surface area contributed by atoms with Gasteiger partial charge in [-0.05, 0) is 70.0 Å². The van der Waals surface area contributed by atoms with Crippen molar-refractivity contribution in [1.29, 1.82) is 0 Å². The lowest BCUT2D eigenvalue weighted by atomic mass is 9.95. The van der Waals surface area contributed by atoms with Crippen LogP contribution >= 0.6 is 0 Å². The molecule has 0 unspecified atom stereocenters. The van der Waals surface area contributed by atoms with E-state index in [0.717, 1.165) is 25.8 Å². The van der Waals surface area contributed by atoms with Crippen molar-refractivity contribution in [1.82, 2.24) is 9.62 Å². The van der Waals surface area contributed by atoms with Crippen LogP contribution in [0.4, 0.5) is 0 Å². The average molecular weight is 326 g/mol. The molecular weight excluding hydrogens is 300 g/mol. The third kappa shape index (κ3) is 4.21. The molecule has 1 N–H and O–H groups in total. The number of hydrogen-bond acceptors (Lipinski definition) is 4. The number of nitrogens with zero attached hydrogens (tertiary/aromatic N) is 1. The molecule has 1 heterocycles. The Bertz CT molecular complexity index is 549. The highest BCUT2D eigenvalue weighted by atomic mass is 32.2. The molecule has 0 radical (unpaired) electrons. The highest BCUT2D eigenvalue weighted by Crippen LogP contribution is 2.26. The summed E-state index contributed by atoms with van der Waals surface area (Å²) < 4.78 is 32.3. The summed E-state index contributed by atoms with van der Waals surface area (Å²) in [6, 6.07) is 6.70. The van der Waals surface area contributed by atoms with Crippen molar-refractivity contribution in [2.24, 2.45) is 5.92 Å². The van der Waals surface area contributed by atoms with Crippen LogP contribution in [0, 0.1) is 5.92 Å². The van der Waals surface area contributed by atoms with Crippen molar-refractivity contribution in [2.75, 3.05) is 33.3 Å². The first-order chi connectivity index (χ1) is 10.6. The largest absolute Gasteiger partial charge is 0.494 e. The second-order valence-electron chi connectivity index (χ2n) is 5.64. The molecule has 1 saturated heterocycles. The molecule has 0 aliphatic carbocycles. The first-order valence-electron chi connectivity index (χ1n) is 7.95.